The Morgan fingerprint density at radius 1 is 1.00 bits per heavy atom. The van der Waals surface area contributed by atoms with E-state index in [2.05, 4.69) is 12.2 Å². The summed E-state index contributed by atoms with van der Waals surface area (Å²) in [7, 11) is 0. The van der Waals surface area contributed by atoms with E-state index in [4.69, 9.17) is 4.74 Å². The van der Waals surface area contributed by atoms with E-state index in [1.807, 2.05) is 42.5 Å². The molecule has 1 heterocycles. The van der Waals surface area contributed by atoms with Crippen LogP contribution in [0.15, 0.2) is 66.7 Å². The number of amides is 2. The highest BCUT2D eigenvalue weighted by atomic mass is 16.5. The topological polar surface area (TPSA) is 95.9 Å². The molecule has 1 aliphatic heterocycles. The number of carboxylic acid groups (broad SMARTS) is 1. The Morgan fingerprint density at radius 2 is 1.68 bits per heavy atom. The first kappa shape index (κ1) is 25.9. The highest BCUT2D eigenvalue weighted by Crippen LogP contribution is 2.31. The summed E-state index contributed by atoms with van der Waals surface area (Å²) in [5, 5.41) is 12.5. The molecule has 0 aliphatic carbocycles. The molecule has 4 rings (SSSR count). The standard InChI is InChI=1S/C30H32N2O5/c1-4-5-16-37-25-14-10-21(11-15-25)28(33)31-24-12-8-20(9-13-24)22-6-7-23-18-32(29(34)26(23)17-22)27(19(2)3)30(35)36/h6-15,17,19,27H,4-5,16,18H2,1-3H3,(H,31,33)(H,35,36)/t27-/m0/s1. The van der Waals surface area contributed by atoms with Crippen LogP contribution in [0, 0.1) is 5.92 Å². The molecule has 2 N–H and O–H groups in total. The molecular formula is C30H32N2O5. The van der Waals surface area contributed by atoms with Gasteiger partial charge in [-0.2, -0.15) is 0 Å². The Morgan fingerprint density at radius 3 is 2.30 bits per heavy atom. The maximum Gasteiger partial charge on any atom is 0.326 e. The number of hydrogen-bond acceptors (Lipinski definition) is 4. The molecule has 1 aliphatic rings. The number of carbonyl (C=O) groups is 3. The van der Waals surface area contributed by atoms with Crippen molar-refractivity contribution < 1.29 is 24.2 Å². The van der Waals surface area contributed by atoms with Crippen molar-refractivity contribution in [3.8, 4) is 16.9 Å². The van der Waals surface area contributed by atoms with Crippen molar-refractivity contribution in [3.63, 3.8) is 0 Å². The fourth-order valence-corrected chi connectivity index (χ4v) is 4.49. The molecule has 0 bridgehead atoms. The van der Waals surface area contributed by atoms with Crippen LogP contribution in [0.4, 0.5) is 5.69 Å². The number of ether oxygens (including phenoxy) is 1. The summed E-state index contributed by atoms with van der Waals surface area (Å²) in [6.45, 7) is 6.67. The van der Waals surface area contributed by atoms with Crippen molar-refractivity contribution in [2.75, 3.05) is 11.9 Å². The van der Waals surface area contributed by atoms with Gasteiger partial charge in [-0.25, -0.2) is 4.79 Å². The molecule has 192 valence electrons. The molecular weight excluding hydrogens is 468 g/mol. The second kappa shape index (κ2) is 11.3. The number of aliphatic carboxylic acids is 1. The third kappa shape index (κ3) is 5.82. The van der Waals surface area contributed by atoms with Crippen LogP contribution >= 0.6 is 0 Å². The second-order valence-electron chi connectivity index (χ2n) is 9.59. The van der Waals surface area contributed by atoms with Crippen molar-refractivity contribution >= 4 is 23.5 Å². The first-order valence-electron chi connectivity index (χ1n) is 12.6. The van der Waals surface area contributed by atoms with Crippen LogP contribution < -0.4 is 10.1 Å². The molecule has 2 amide bonds. The Labute approximate surface area is 217 Å². The van der Waals surface area contributed by atoms with E-state index in [0.29, 0.717) is 30.0 Å². The van der Waals surface area contributed by atoms with Crippen molar-refractivity contribution in [1.29, 1.82) is 0 Å². The van der Waals surface area contributed by atoms with Crippen LogP contribution in [0.25, 0.3) is 11.1 Å². The molecule has 3 aromatic rings. The largest absolute Gasteiger partial charge is 0.494 e. The van der Waals surface area contributed by atoms with Gasteiger partial charge in [-0.3, -0.25) is 9.59 Å². The van der Waals surface area contributed by atoms with Gasteiger partial charge >= 0.3 is 5.97 Å². The average molecular weight is 501 g/mol. The first-order valence-corrected chi connectivity index (χ1v) is 12.6. The van der Waals surface area contributed by atoms with Gasteiger partial charge in [0.2, 0.25) is 0 Å². The minimum atomic E-state index is -0.995. The van der Waals surface area contributed by atoms with Crippen molar-refractivity contribution in [3.05, 3.63) is 83.4 Å². The number of carbonyl (C=O) groups excluding carboxylic acids is 2. The molecule has 0 radical (unpaired) electrons. The normalized spacial score (nSPS) is 13.4. The Hall–Kier alpha value is -4.13. The van der Waals surface area contributed by atoms with E-state index in [1.165, 1.54) is 4.90 Å². The lowest BCUT2D eigenvalue weighted by Crippen LogP contribution is -2.44. The van der Waals surface area contributed by atoms with E-state index in [1.54, 1.807) is 38.1 Å². The van der Waals surface area contributed by atoms with Crippen molar-refractivity contribution in [2.24, 2.45) is 5.92 Å². The van der Waals surface area contributed by atoms with Crippen LogP contribution in [0.3, 0.4) is 0 Å². The smallest absolute Gasteiger partial charge is 0.326 e. The zero-order valence-corrected chi connectivity index (χ0v) is 21.4. The van der Waals surface area contributed by atoms with Gasteiger partial charge in [0.25, 0.3) is 11.8 Å². The lowest BCUT2D eigenvalue weighted by atomic mass is 10.00. The van der Waals surface area contributed by atoms with Gasteiger partial charge in [0.15, 0.2) is 0 Å². The maximum atomic E-state index is 13.0. The number of nitrogens with zero attached hydrogens (tertiary/aromatic N) is 1. The summed E-state index contributed by atoms with van der Waals surface area (Å²) < 4.78 is 5.65. The van der Waals surface area contributed by atoms with Crippen LogP contribution in [0.2, 0.25) is 0 Å². The van der Waals surface area contributed by atoms with Gasteiger partial charge in [0.1, 0.15) is 11.8 Å². The minimum Gasteiger partial charge on any atom is -0.494 e. The number of hydrogen-bond donors (Lipinski definition) is 2. The van der Waals surface area contributed by atoms with Gasteiger partial charge in [0.05, 0.1) is 6.61 Å². The number of nitrogens with one attached hydrogen (secondary N) is 1. The Balaban J connectivity index is 1.43. The molecule has 37 heavy (non-hydrogen) atoms. The number of benzene rings is 3. The van der Waals surface area contributed by atoms with Crippen molar-refractivity contribution in [1.82, 2.24) is 4.90 Å². The SMILES string of the molecule is CCCCOc1ccc(C(=O)Nc2ccc(-c3ccc4c(c3)C(=O)N([C@H](C(=O)O)C(C)C)C4)cc2)cc1. The summed E-state index contributed by atoms with van der Waals surface area (Å²) in [6, 6.07) is 19.2. The van der Waals surface area contributed by atoms with Gasteiger partial charge in [0, 0.05) is 23.4 Å². The van der Waals surface area contributed by atoms with Crippen LogP contribution in [0.1, 0.15) is 59.9 Å². The summed E-state index contributed by atoms with van der Waals surface area (Å²) in [6.07, 6.45) is 2.05. The average Bonchev–Trinajstić information content (AvgIpc) is 3.19. The fourth-order valence-electron chi connectivity index (χ4n) is 4.49. The van der Waals surface area contributed by atoms with Crippen LogP contribution in [-0.4, -0.2) is 40.4 Å². The fraction of sp³-hybridized carbons (Fsp3) is 0.300. The highest BCUT2D eigenvalue weighted by Gasteiger charge is 2.38. The highest BCUT2D eigenvalue weighted by molar-refractivity contribution is 6.04. The second-order valence-corrected chi connectivity index (χ2v) is 9.59. The van der Waals surface area contributed by atoms with Gasteiger partial charge in [-0.05, 0) is 71.5 Å². The van der Waals surface area contributed by atoms with Gasteiger partial charge in [-0.15, -0.1) is 0 Å². The third-order valence-corrected chi connectivity index (χ3v) is 6.52. The number of rotatable bonds is 10. The Kier molecular flexibility index (Phi) is 7.92. The van der Waals surface area contributed by atoms with Gasteiger partial charge < -0.3 is 20.1 Å². The third-order valence-electron chi connectivity index (χ3n) is 6.52. The molecule has 0 saturated carbocycles. The summed E-state index contributed by atoms with van der Waals surface area (Å²) in [5.41, 5.74) is 4.28. The molecule has 0 fully saturated rings. The summed E-state index contributed by atoms with van der Waals surface area (Å²) >= 11 is 0. The van der Waals surface area contributed by atoms with E-state index in [0.717, 1.165) is 35.3 Å². The molecule has 1 atom stereocenters. The van der Waals surface area contributed by atoms with Crippen molar-refractivity contribution in [2.45, 2.75) is 46.2 Å². The van der Waals surface area contributed by atoms with Crippen LogP contribution in [-0.2, 0) is 11.3 Å². The lowest BCUT2D eigenvalue weighted by Gasteiger charge is -2.27. The zero-order valence-electron chi connectivity index (χ0n) is 21.4. The number of anilines is 1. The van der Waals surface area contributed by atoms with Gasteiger partial charge in [-0.1, -0.05) is 51.5 Å². The first-order chi connectivity index (χ1) is 17.8. The minimum absolute atomic E-state index is 0.199. The number of carboxylic acids is 1. The number of fused-ring (bicyclic) bond motifs is 1. The van der Waals surface area contributed by atoms with E-state index >= 15 is 0 Å². The molecule has 0 spiro atoms. The van der Waals surface area contributed by atoms with E-state index < -0.39 is 12.0 Å². The lowest BCUT2D eigenvalue weighted by molar-refractivity contribution is -0.144. The summed E-state index contributed by atoms with van der Waals surface area (Å²) in [4.78, 5) is 38.9. The molecule has 7 heteroatoms. The monoisotopic (exact) mass is 500 g/mol. The van der Waals surface area contributed by atoms with E-state index in [9.17, 15) is 19.5 Å². The molecule has 0 unspecified atom stereocenters. The zero-order chi connectivity index (χ0) is 26.5. The molecule has 0 aromatic heterocycles. The predicted octanol–water partition coefficient (Wildman–Crippen LogP) is 5.85. The predicted molar refractivity (Wildman–Crippen MR) is 143 cm³/mol. The Bertz CT molecular complexity index is 1280. The quantitative estimate of drug-likeness (QED) is 0.341. The molecule has 3 aromatic carbocycles. The maximum absolute atomic E-state index is 13.0. The van der Waals surface area contributed by atoms with E-state index in [-0.39, 0.29) is 17.7 Å². The number of unbranched alkanes of at least 4 members (excludes halogenated alkanes) is 1. The molecule has 7 nitrogen and oxygen atoms in total. The molecule has 0 saturated heterocycles. The van der Waals surface area contributed by atoms with Crippen LogP contribution in [0.5, 0.6) is 5.75 Å². The summed E-state index contributed by atoms with van der Waals surface area (Å²) in [5.74, 6) is -0.925.